The van der Waals surface area contributed by atoms with E-state index < -0.39 is 5.54 Å². The zero-order chi connectivity index (χ0) is 11.1. The van der Waals surface area contributed by atoms with Gasteiger partial charge in [-0.25, -0.2) is 0 Å². The molecule has 1 aliphatic rings. The van der Waals surface area contributed by atoms with Crippen LogP contribution in [0.4, 0.5) is 0 Å². The molecule has 15 heavy (non-hydrogen) atoms. The number of aryl methyl sites for hydroxylation is 2. The van der Waals surface area contributed by atoms with E-state index >= 15 is 0 Å². The summed E-state index contributed by atoms with van der Waals surface area (Å²) in [4.78, 5) is 11.8. The van der Waals surface area contributed by atoms with E-state index in [1.54, 1.807) is 0 Å². The van der Waals surface area contributed by atoms with Crippen LogP contribution in [0, 0.1) is 6.92 Å². The number of carbonyl (C=O) groups excluding carboxylic acids is 1. The molecule has 4 nitrogen and oxygen atoms in total. The Kier molecular flexibility index (Phi) is 2.38. The molecule has 0 bridgehead atoms. The Morgan fingerprint density at radius 2 is 2.33 bits per heavy atom. The lowest BCUT2D eigenvalue weighted by Gasteiger charge is -2.08. The van der Waals surface area contributed by atoms with E-state index in [1.807, 2.05) is 24.6 Å². The van der Waals surface area contributed by atoms with E-state index in [4.69, 9.17) is 5.73 Å². The molecule has 0 aliphatic heterocycles. The largest absolute Gasteiger partial charge is 0.319 e. The lowest BCUT2D eigenvalue weighted by atomic mass is 10.1. The standard InChI is InChI=1S/C11H17N3O/c1-3-14-9(6-8(2)13-14)7-10(15)11(12)4-5-11/h6H,3-5,7,12H2,1-2H3. The molecule has 1 saturated carbocycles. The maximum atomic E-state index is 11.8. The Morgan fingerprint density at radius 3 is 2.87 bits per heavy atom. The molecule has 0 aromatic carbocycles. The third-order valence-electron chi connectivity index (χ3n) is 2.97. The molecule has 0 spiro atoms. The van der Waals surface area contributed by atoms with Gasteiger partial charge < -0.3 is 5.73 Å². The van der Waals surface area contributed by atoms with Crippen molar-refractivity contribution in [2.45, 2.75) is 45.2 Å². The third kappa shape index (κ3) is 1.95. The van der Waals surface area contributed by atoms with E-state index in [0.717, 1.165) is 30.8 Å². The van der Waals surface area contributed by atoms with Crippen molar-refractivity contribution < 1.29 is 4.79 Å². The zero-order valence-corrected chi connectivity index (χ0v) is 9.29. The van der Waals surface area contributed by atoms with Crippen molar-refractivity contribution in [3.05, 3.63) is 17.5 Å². The Balaban J connectivity index is 2.13. The molecule has 4 heteroatoms. The van der Waals surface area contributed by atoms with E-state index in [1.165, 1.54) is 0 Å². The molecule has 0 unspecified atom stereocenters. The monoisotopic (exact) mass is 207 g/mol. The van der Waals surface area contributed by atoms with Crippen molar-refractivity contribution in [1.29, 1.82) is 0 Å². The second-order valence-corrected chi connectivity index (χ2v) is 4.35. The van der Waals surface area contributed by atoms with Crippen LogP contribution in [-0.2, 0) is 17.8 Å². The lowest BCUT2D eigenvalue weighted by Crippen LogP contribution is -2.34. The molecule has 0 atom stereocenters. The molecule has 2 N–H and O–H groups in total. The van der Waals surface area contributed by atoms with Crippen LogP contribution in [0.3, 0.4) is 0 Å². The van der Waals surface area contributed by atoms with Crippen LogP contribution in [0.5, 0.6) is 0 Å². The number of nitrogens with two attached hydrogens (primary N) is 1. The van der Waals surface area contributed by atoms with Crippen LogP contribution in [0.1, 0.15) is 31.2 Å². The molecule has 1 aromatic heterocycles. The van der Waals surface area contributed by atoms with Crippen molar-refractivity contribution >= 4 is 5.78 Å². The first kappa shape index (κ1) is 10.4. The van der Waals surface area contributed by atoms with Crippen molar-refractivity contribution in [3.63, 3.8) is 0 Å². The molecule has 1 heterocycles. The van der Waals surface area contributed by atoms with Gasteiger partial charge in [-0.1, -0.05) is 0 Å². The van der Waals surface area contributed by atoms with E-state index in [0.29, 0.717) is 6.42 Å². The maximum Gasteiger partial charge on any atom is 0.158 e. The minimum Gasteiger partial charge on any atom is -0.319 e. The second-order valence-electron chi connectivity index (χ2n) is 4.35. The smallest absolute Gasteiger partial charge is 0.158 e. The van der Waals surface area contributed by atoms with Gasteiger partial charge in [-0.05, 0) is 32.8 Å². The van der Waals surface area contributed by atoms with Crippen LogP contribution in [-0.4, -0.2) is 21.1 Å². The summed E-state index contributed by atoms with van der Waals surface area (Å²) in [7, 11) is 0. The van der Waals surface area contributed by atoms with Crippen LogP contribution in [0.2, 0.25) is 0 Å². The molecule has 2 rings (SSSR count). The van der Waals surface area contributed by atoms with Gasteiger partial charge in [0.2, 0.25) is 0 Å². The Labute approximate surface area is 89.5 Å². The summed E-state index contributed by atoms with van der Waals surface area (Å²) < 4.78 is 1.87. The highest BCUT2D eigenvalue weighted by atomic mass is 16.1. The molecule has 0 radical (unpaired) electrons. The van der Waals surface area contributed by atoms with Gasteiger partial charge in [0.15, 0.2) is 5.78 Å². The van der Waals surface area contributed by atoms with Crippen LogP contribution < -0.4 is 5.73 Å². The summed E-state index contributed by atoms with van der Waals surface area (Å²) in [6, 6.07) is 1.97. The summed E-state index contributed by atoms with van der Waals surface area (Å²) in [6.45, 7) is 4.76. The van der Waals surface area contributed by atoms with Crippen molar-refractivity contribution in [2.24, 2.45) is 5.73 Å². The SMILES string of the molecule is CCn1nc(C)cc1CC(=O)C1(N)CC1. The fourth-order valence-corrected chi connectivity index (χ4v) is 1.77. The first-order valence-electron chi connectivity index (χ1n) is 5.40. The van der Waals surface area contributed by atoms with Crippen LogP contribution >= 0.6 is 0 Å². The second kappa shape index (κ2) is 3.45. The molecule has 1 aliphatic carbocycles. The summed E-state index contributed by atoms with van der Waals surface area (Å²) in [6.07, 6.45) is 2.10. The predicted octanol–water partition coefficient (Wildman–Crippen LogP) is 0.814. The number of Topliss-reactive ketones (excluding diaryl/α,β-unsaturated/α-hetero) is 1. The molecule has 1 fully saturated rings. The molecular weight excluding hydrogens is 190 g/mol. The highest BCUT2D eigenvalue weighted by Gasteiger charge is 2.45. The number of hydrogen-bond acceptors (Lipinski definition) is 3. The van der Waals surface area contributed by atoms with E-state index in [9.17, 15) is 4.79 Å². The number of ketones is 1. The van der Waals surface area contributed by atoms with Gasteiger partial charge in [0.1, 0.15) is 0 Å². The minimum atomic E-state index is -0.517. The molecule has 1 aromatic rings. The normalized spacial score (nSPS) is 17.8. The summed E-state index contributed by atoms with van der Waals surface area (Å²) in [5.41, 5.74) is 7.28. The van der Waals surface area contributed by atoms with Crippen LogP contribution in [0.15, 0.2) is 6.07 Å². The van der Waals surface area contributed by atoms with Gasteiger partial charge in [-0.15, -0.1) is 0 Å². The summed E-state index contributed by atoms with van der Waals surface area (Å²) in [5, 5.41) is 4.31. The molecule has 0 amide bonds. The molecule has 82 valence electrons. The van der Waals surface area contributed by atoms with Gasteiger partial charge in [0.05, 0.1) is 17.7 Å². The number of carbonyl (C=O) groups is 1. The average Bonchev–Trinajstić information content (AvgIpc) is 2.83. The first-order valence-corrected chi connectivity index (χ1v) is 5.40. The topological polar surface area (TPSA) is 60.9 Å². The summed E-state index contributed by atoms with van der Waals surface area (Å²) >= 11 is 0. The highest BCUT2D eigenvalue weighted by molar-refractivity contribution is 5.92. The van der Waals surface area contributed by atoms with Crippen LogP contribution in [0.25, 0.3) is 0 Å². The predicted molar refractivity (Wildman–Crippen MR) is 57.5 cm³/mol. The fourth-order valence-electron chi connectivity index (χ4n) is 1.77. The van der Waals surface area contributed by atoms with Gasteiger partial charge >= 0.3 is 0 Å². The van der Waals surface area contributed by atoms with E-state index in [-0.39, 0.29) is 5.78 Å². The fraction of sp³-hybridized carbons (Fsp3) is 0.636. The highest BCUT2D eigenvalue weighted by Crippen LogP contribution is 2.34. The number of hydrogen-bond donors (Lipinski definition) is 1. The summed E-state index contributed by atoms with van der Waals surface area (Å²) in [5.74, 6) is 0.150. The van der Waals surface area contributed by atoms with Gasteiger partial charge in [-0.3, -0.25) is 9.48 Å². The number of rotatable bonds is 4. The van der Waals surface area contributed by atoms with Gasteiger partial charge in [0, 0.05) is 12.2 Å². The van der Waals surface area contributed by atoms with Crippen molar-refractivity contribution in [2.75, 3.05) is 0 Å². The zero-order valence-electron chi connectivity index (χ0n) is 9.29. The Morgan fingerprint density at radius 1 is 1.67 bits per heavy atom. The van der Waals surface area contributed by atoms with Crippen molar-refractivity contribution in [1.82, 2.24) is 9.78 Å². The quantitative estimate of drug-likeness (QED) is 0.795. The van der Waals surface area contributed by atoms with E-state index in [2.05, 4.69) is 5.10 Å². The maximum absolute atomic E-state index is 11.8. The van der Waals surface area contributed by atoms with Gasteiger partial charge in [0.25, 0.3) is 0 Å². The lowest BCUT2D eigenvalue weighted by molar-refractivity contribution is -0.120. The first-order chi connectivity index (χ1) is 7.05. The average molecular weight is 207 g/mol. The number of nitrogens with zero attached hydrogens (tertiary/aromatic N) is 2. The number of aromatic nitrogens is 2. The van der Waals surface area contributed by atoms with Crippen molar-refractivity contribution in [3.8, 4) is 0 Å². The Hall–Kier alpha value is -1.16. The third-order valence-corrected chi connectivity index (χ3v) is 2.97. The van der Waals surface area contributed by atoms with Gasteiger partial charge in [-0.2, -0.15) is 5.10 Å². The minimum absolute atomic E-state index is 0.150. The molecule has 0 saturated heterocycles. The molecular formula is C11H17N3O. The Bertz CT molecular complexity index is 391.